The molecule has 0 unspecified atom stereocenters. The van der Waals surface area contributed by atoms with Crippen molar-refractivity contribution in [3.8, 4) is 11.4 Å². The molecule has 2 aromatic carbocycles. The minimum absolute atomic E-state index is 0.0568. The molecule has 3 nitrogen and oxygen atoms in total. The van der Waals surface area contributed by atoms with Gasteiger partial charge in [-0.15, -0.1) is 0 Å². The molecule has 1 N–H and O–H groups in total. The molecular formula is C17H15N3. The number of aromatic amines is 1. The van der Waals surface area contributed by atoms with Crippen molar-refractivity contribution in [3.05, 3.63) is 72.1 Å². The van der Waals surface area contributed by atoms with Gasteiger partial charge in [0.15, 0.2) is 5.82 Å². The predicted octanol–water partition coefficient (Wildman–Crippen LogP) is 3.55. The normalized spacial score (nSPS) is 16.0. The van der Waals surface area contributed by atoms with Crippen molar-refractivity contribution >= 4 is 0 Å². The number of H-pyrrole nitrogens is 1. The lowest BCUT2D eigenvalue weighted by atomic mass is 9.95. The van der Waals surface area contributed by atoms with Crippen LogP contribution in [0.5, 0.6) is 0 Å². The van der Waals surface area contributed by atoms with Crippen LogP contribution in [-0.4, -0.2) is 15.2 Å². The maximum atomic E-state index is 4.72. The Morgan fingerprint density at radius 3 is 2.15 bits per heavy atom. The second-order valence-corrected chi connectivity index (χ2v) is 5.32. The molecule has 0 bridgehead atoms. The van der Waals surface area contributed by atoms with E-state index in [0.717, 1.165) is 30.1 Å². The molecule has 0 spiro atoms. The van der Waals surface area contributed by atoms with Crippen molar-refractivity contribution in [1.29, 1.82) is 0 Å². The van der Waals surface area contributed by atoms with Crippen LogP contribution in [0.3, 0.4) is 0 Å². The van der Waals surface area contributed by atoms with E-state index in [9.17, 15) is 0 Å². The predicted molar refractivity (Wildman–Crippen MR) is 78.3 cm³/mol. The number of hydrogen-bond donors (Lipinski definition) is 1. The summed E-state index contributed by atoms with van der Waals surface area (Å²) in [5, 5.41) is 7.53. The van der Waals surface area contributed by atoms with E-state index < -0.39 is 0 Å². The Labute approximate surface area is 117 Å². The fourth-order valence-corrected chi connectivity index (χ4v) is 2.74. The molecule has 1 saturated carbocycles. The zero-order chi connectivity index (χ0) is 13.4. The van der Waals surface area contributed by atoms with E-state index in [1.165, 1.54) is 5.56 Å². The van der Waals surface area contributed by atoms with Crippen LogP contribution in [0.2, 0.25) is 0 Å². The Kier molecular flexibility index (Phi) is 2.46. The molecule has 3 aromatic rings. The van der Waals surface area contributed by atoms with Crippen LogP contribution in [-0.2, 0) is 5.41 Å². The van der Waals surface area contributed by atoms with E-state index in [4.69, 9.17) is 4.98 Å². The molecule has 4 rings (SSSR count). The Morgan fingerprint density at radius 1 is 0.850 bits per heavy atom. The largest absolute Gasteiger partial charge is 0.262 e. The summed E-state index contributed by atoms with van der Waals surface area (Å²) in [6.45, 7) is 0. The molecular weight excluding hydrogens is 246 g/mol. The molecule has 1 aromatic heterocycles. The highest BCUT2D eigenvalue weighted by Crippen LogP contribution is 2.52. The van der Waals surface area contributed by atoms with Crippen molar-refractivity contribution in [1.82, 2.24) is 15.2 Å². The lowest BCUT2D eigenvalue weighted by Crippen LogP contribution is -2.10. The lowest BCUT2D eigenvalue weighted by Gasteiger charge is -2.11. The summed E-state index contributed by atoms with van der Waals surface area (Å²) in [5.41, 5.74) is 2.44. The van der Waals surface area contributed by atoms with Crippen molar-refractivity contribution in [2.45, 2.75) is 18.3 Å². The van der Waals surface area contributed by atoms with Gasteiger partial charge in [-0.2, -0.15) is 5.10 Å². The van der Waals surface area contributed by atoms with Crippen LogP contribution < -0.4 is 0 Å². The fourth-order valence-electron chi connectivity index (χ4n) is 2.74. The van der Waals surface area contributed by atoms with Gasteiger partial charge in [-0.1, -0.05) is 60.7 Å². The maximum Gasteiger partial charge on any atom is 0.181 e. The van der Waals surface area contributed by atoms with E-state index in [1.54, 1.807) is 0 Å². The molecule has 20 heavy (non-hydrogen) atoms. The van der Waals surface area contributed by atoms with Gasteiger partial charge in [0.05, 0.1) is 5.41 Å². The first-order chi connectivity index (χ1) is 9.88. The fraction of sp³-hybridized carbons (Fsp3) is 0.176. The van der Waals surface area contributed by atoms with E-state index in [-0.39, 0.29) is 5.41 Å². The Balaban J connectivity index is 1.73. The molecule has 98 valence electrons. The van der Waals surface area contributed by atoms with E-state index >= 15 is 0 Å². The Hall–Kier alpha value is -2.42. The standard InChI is InChI=1S/C17H15N3/c1-3-7-13(8-4-1)15-18-16(20-19-15)17(11-12-17)14-9-5-2-6-10-14/h1-10H,11-12H2,(H,18,19,20). The van der Waals surface area contributed by atoms with Crippen LogP contribution in [0.4, 0.5) is 0 Å². The van der Waals surface area contributed by atoms with Crippen LogP contribution in [0, 0.1) is 0 Å². The zero-order valence-electron chi connectivity index (χ0n) is 11.1. The third-order valence-corrected chi connectivity index (χ3v) is 4.05. The van der Waals surface area contributed by atoms with Crippen molar-refractivity contribution in [3.63, 3.8) is 0 Å². The van der Waals surface area contributed by atoms with E-state index in [1.807, 2.05) is 30.3 Å². The molecule has 1 aliphatic rings. The molecule has 0 aliphatic heterocycles. The molecule has 3 heteroatoms. The van der Waals surface area contributed by atoms with Crippen molar-refractivity contribution in [2.24, 2.45) is 0 Å². The minimum atomic E-state index is 0.0568. The summed E-state index contributed by atoms with van der Waals surface area (Å²) in [5.74, 6) is 1.77. The highest BCUT2D eigenvalue weighted by Gasteiger charge is 2.48. The van der Waals surface area contributed by atoms with Gasteiger partial charge >= 0.3 is 0 Å². The van der Waals surface area contributed by atoms with Gasteiger partial charge < -0.3 is 0 Å². The van der Waals surface area contributed by atoms with Gasteiger partial charge in [0.25, 0.3) is 0 Å². The third kappa shape index (κ3) is 1.74. The number of hydrogen-bond acceptors (Lipinski definition) is 2. The van der Waals surface area contributed by atoms with Crippen molar-refractivity contribution in [2.75, 3.05) is 0 Å². The van der Waals surface area contributed by atoms with Gasteiger partial charge in [0.2, 0.25) is 0 Å². The average Bonchev–Trinajstić information content (AvgIpc) is 3.19. The topological polar surface area (TPSA) is 41.6 Å². The second kappa shape index (κ2) is 4.30. The first kappa shape index (κ1) is 11.4. The zero-order valence-corrected chi connectivity index (χ0v) is 11.1. The summed E-state index contributed by atoms with van der Waals surface area (Å²) >= 11 is 0. The lowest BCUT2D eigenvalue weighted by molar-refractivity contribution is 0.761. The number of aromatic nitrogens is 3. The number of nitrogens with zero attached hydrogens (tertiary/aromatic N) is 2. The average molecular weight is 261 g/mol. The van der Waals surface area contributed by atoms with Crippen LogP contribution in [0.1, 0.15) is 24.2 Å². The molecule has 0 radical (unpaired) electrons. The highest BCUT2D eigenvalue weighted by molar-refractivity contribution is 5.55. The number of rotatable bonds is 3. The monoisotopic (exact) mass is 261 g/mol. The highest BCUT2D eigenvalue weighted by atomic mass is 15.2. The molecule has 0 saturated heterocycles. The van der Waals surface area contributed by atoms with Crippen LogP contribution in [0.15, 0.2) is 60.7 Å². The molecule has 1 heterocycles. The second-order valence-electron chi connectivity index (χ2n) is 5.32. The first-order valence-corrected chi connectivity index (χ1v) is 6.92. The number of benzene rings is 2. The van der Waals surface area contributed by atoms with Crippen LogP contribution in [0.25, 0.3) is 11.4 Å². The van der Waals surface area contributed by atoms with Gasteiger partial charge in [-0.25, -0.2) is 4.98 Å². The first-order valence-electron chi connectivity index (χ1n) is 6.92. The van der Waals surface area contributed by atoms with Gasteiger partial charge in [-0.05, 0) is 18.4 Å². The quantitative estimate of drug-likeness (QED) is 0.783. The van der Waals surface area contributed by atoms with Crippen molar-refractivity contribution < 1.29 is 0 Å². The molecule has 1 fully saturated rings. The van der Waals surface area contributed by atoms with Crippen LogP contribution >= 0.6 is 0 Å². The summed E-state index contributed by atoms with van der Waals surface area (Å²) in [4.78, 5) is 4.72. The Morgan fingerprint density at radius 2 is 1.50 bits per heavy atom. The minimum Gasteiger partial charge on any atom is -0.262 e. The van der Waals surface area contributed by atoms with E-state index in [0.29, 0.717) is 0 Å². The smallest absolute Gasteiger partial charge is 0.181 e. The summed E-state index contributed by atoms with van der Waals surface area (Å²) in [7, 11) is 0. The molecule has 0 amide bonds. The number of nitrogens with one attached hydrogen (secondary N) is 1. The molecule has 1 aliphatic carbocycles. The Bertz CT molecular complexity index is 712. The van der Waals surface area contributed by atoms with Gasteiger partial charge in [0, 0.05) is 5.56 Å². The SMILES string of the molecule is c1ccc(-c2n[nH]c(C3(c4ccccc4)CC3)n2)cc1. The van der Waals surface area contributed by atoms with Gasteiger partial charge in [0.1, 0.15) is 5.82 Å². The summed E-state index contributed by atoms with van der Waals surface area (Å²) < 4.78 is 0. The maximum absolute atomic E-state index is 4.72. The summed E-state index contributed by atoms with van der Waals surface area (Å²) in [6, 6.07) is 20.7. The molecule has 0 atom stereocenters. The summed E-state index contributed by atoms with van der Waals surface area (Å²) in [6.07, 6.45) is 2.28. The van der Waals surface area contributed by atoms with E-state index in [2.05, 4.69) is 40.5 Å². The van der Waals surface area contributed by atoms with Gasteiger partial charge in [-0.3, -0.25) is 5.10 Å². The third-order valence-electron chi connectivity index (χ3n) is 4.05.